The van der Waals surface area contributed by atoms with E-state index in [0.717, 1.165) is 0 Å². The lowest BCUT2D eigenvalue weighted by atomic mass is 9.85. The number of nitrogens with zero attached hydrogens (tertiary/aromatic N) is 1. The Kier molecular flexibility index (Phi) is 8.53. The van der Waals surface area contributed by atoms with Gasteiger partial charge >= 0.3 is 6.09 Å². The average molecular weight is 509 g/mol. The molecule has 0 aromatic rings. The van der Waals surface area contributed by atoms with Gasteiger partial charge < -0.3 is 25.6 Å². The Bertz CT molecular complexity index is 901. The van der Waals surface area contributed by atoms with Crippen molar-refractivity contribution in [2.45, 2.75) is 98.9 Å². The summed E-state index contributed by atoms with van der Waals surface area (Å²) in [5.74, 6) is -2.27. The van der Waals surface area contributed by atoms with Crippen molar-refractivity contribution < 1.29 is 28.7 Å². The normalized spacial score (nSPS) is 24.2. The monoisotopic (exact) mass is 508 g/mol. The quantitative estimate of drug-likeness (QED) is 0.430. The molecule has 0 aromatic heterocycles. The fraction of sp³-hybridized carbons (Fsp3) is 0.808. The maximum Gasteiger partial charge on any atom is 0.408 e. The number of Topliss-reactive ketones (excluding diaryl/α,β-unsaturated/α-hetero) is 1. The summed E-state index contributed by atoms with van der Waals surface area (Å²) in [7, 11) is 1.37. The molecule has 1 aliphatic carbocycles. The van der Waals surface area contributed by atoms with E-state index in [1.54, 1.807) is 20.8 Å². The molecule has 2 aliphatic rings. The number of hydrogen-bond acceptors (Lipinski definition) is 6. The Balaban J connectivity index is 2.32. The van der Waals surface area contributed by atoms with E-state index in [1.165, 1.54) is 11.9 Å². The lowest BCUT2D eigenvalue weighted by Crippen LogP contribution is -2.60. The highest BCUT2D eigenvalue weighted by molar-refractivity contribution is 6.38. The lowest BCUT2D eigenvalue weighted by Gasteiger charge is -2.38. The van der Waals surface area contributed by atoms with Gasteiger partial charge in [0.25, 0.3) is 5.91 Å². The van der Waals surface area contributed by atoms with Crippen molar-refractivity contribution in [3.8, 4) is 0 Å². The van der Waals surface area contributed by atoms with Crippen LogP contribution in [0.25, 0.3) is 0 Å². The number of rotatable bonds is 8. The van der Waals surface area contributed by atoms with Crippen LogP contribution in [0, 0.1) is 22.7 Å². The number of amides is 4. The third-order valence-corrected chi connectivity index (χ3v) is 7.20. The van der Waals surface area contributed by atoms with E-state index in [9.17, 15) is 24.0 Å². The summed E-state index contributed by atoms with van der Waals surface area (Å²) in [6.07, 6.45) is 0.187. The van der Waals surface area contributed by atoms with Gasteiger partial charge in [0.15, 0.2) is 0 Å². The van der Waals surface area contributed by atoms with Gasteiger partial charge in [0.1, 0.15) is 17.7 Å². The van der Waals surface area contributed by atoms with Crippen molar-refractivity contribution >= 4 is 29.6 Å². The maximum atomic E-state index is 13.8. The van der Waals surface area contributed by atoms with Crippen molar-refractivity contribution in [2.24, 2.45) is 22.7 Å². The highest BCUT2D eigenvalue weighted by atomic mass is 16.6. The second-order valence-corrected chi connectivity index (χ2v) is 12.6. The summed E-state index contributed by atoms with van der Waals surface area (Å²) in [5.41, 5.74) is -1.53. The van der Waals surface area contributed by atoms with Crippen molar-refractivity contribution in [3.63, 3.8) is 0 Å². The van der Waals surface area contributed by atoms with Gasteiger partial charge in [-0.25, -0.2) is 4.79 Å². The molecule has 10 nitrogen and oxygen atoms in total. The smallest absolute Gasteiger partial charge is 0.408 e. The molecule has 0 bridgehead atoms. The Morgan fingerprint density at radius 3 is 2.08 bits per heavy atom. The number of fused-ring (bicyclic) bond motifs is 1. The summed E-state index contributed by atoms with van der Waals surface area (Å²) < 4.78 is 5.38. The summed E-state index contributed by atoms with van der Waals surface area (Å²) in [5, 5.41) is 7.77. The summed E-state index contributed by atoms with van der Waals surface area (Å²) >= 11 is 0. The second kappa shape index (κ2) is 10.4. The fourth-order valence-electron chi connectivity index (χ4n) is 5.15. The highest BCUT2D eigenvalue weighted by Gasteiger charge is 2.69. The Morgan fingerprint density at radius 2 is 1.61 bits per heavy atom. The number of piperidine rings is 1. The zero-order valence-corrected chi connectivity index (χ0v) is 23.4. The van der Waals surface area contributed by atoms with Crippen molar-refractivity contribution in [1.82, 2.24) is 20.9 Å². The molecule has 5 atom stereocenters. The first-order chi connectivity index (χ1) is 16.4. The van der Waals surface area contributed by atoms with E-state index in [1.807, 2.05) is 27.7 Å². The third-order valence-electron chi connectivity index (χ3n) is 7.20. The van der Waals surface area contributed by atoms with Crippen molar-refractivity contribution in [1.29, 1.82) is 0 Å². The number of nitrogens with one attached hydrogen (secondary N) is 3. The van der Waals surface area contributed by atoms with Gasteiger partial charge in [-0.1, -0.05) is 48.0 Å². The molecule has 1 unspecified atom stereocenters. The van der Waals surface area contributed by atoms with Gasteiger partial charge in [0, 0.05) is 13.6 Å². The minimum Gasteiger partial charge on any atom is -0.444 e. The lowest BCUT2D eigenvalue weighted by molar-refractivity contribution is -0.145. The first kappa shape index (κ1) is 29.6. The first-order valence-electron chi connectivity index (χ1n) is 12.7. The molecule has 10 heteroatoms. The van der Waals surface area contributed by atoms with Gasteiger partial charge in [0.2, 0.25) is 17.6 Å². The van der Waals surface area contributed by atoms with Gasteiger partial charge in [0.05, 0.1) is 6.04 Å². The average Bonchev–Trinajstić information content (AvgIpc) is 3.08. The number of likely N-dealkylation sites (tertiary alicyclic amines) is 1. The molecule has 3 N–H and O–H groups in total. The predicted octanol–water partition coefficient (Wildman–Crippen LogP) is 2.01. The number of carbonyl (C=O) groups excluding carboxylic acids is 5. The summed E-state index contributed by atoms with van der Waals surface area (Å²) in [6.45, 7) is 17.1. The topological polar surface area (TPSA) is 134 Å². The molecule has 1 heterocycles. The van der Waals surface area contributed by atoms with E-state index in [-0.39, 0.29) is 23.2 Å². The van der Waals surface area contributed by atoms with Gasteiger partial charge in [-0.05, 0) is 49.9 Å². The van der Waals surface area contributed by atoms with Crippen LogP contribution in [0.2, 0.25) is 0 Å². The molecule has 0 radical (unpaired) electrons. The zero-order chi connectivity index (χ0) is 27.8. The largest absolute Gasteiger partial charge is 0.444 e. The number of hydrogen-bond donors (Lipinski definition) is 3. The van der Waals surface area contributed by atoms with Crippen LogP contribution in [0.1, 0.15) is 75.2 Å². The first-order valence-corrected chi connectivity index (χ1v) is 12.7. The van der Waals surface area contributed by atoms with Crippen LogP contribution in [0.4, 0.5) is 4.79 Å². The van der Waals surface area contributed by atoms with E-state index in [0.29, 0.717) is 19.4 Å². The number of alkyl carbamates (subject to hydrolysis) is 1. The molecule has 1 aliphatic heterocycles. The van der Waals surface area contributed by atoms with Crippen LogP contribution in [-0.2, 0) is 23.9 Å². The Labute approximate surface area is 214 Å². The van der Waals surface area contributed by atoms with E-state index >= 15 is 0 Å². The van der Waals surface area contributed by atoms with Crippen LogP contribution in [0.5, 0.6) is 0 Å². The summed E-state index contributed by atoms with van der Waals surface area (Å²) in [6, 6.07) is -2.71. The predicted molar refractivity (Wildman–Crippen MR) is 135 cm³/mol. The minimum atomic E-state index is -0.974. The van der Waals surface area contributed by atoms with Crippen LogP contribution in [0.15, 0.2) is 0 Å². The molecular formula is C26H44N4O6. The van der Waals surface area contributed by atoms with Gasteiger partial charge in [-0.2, -0.15) is 0 Å². The number of ether oxygens (including phenoxy) is 1. The molecule has 0 aromatic carbocycles. The molecule has 1 saturated heterocycles. The third kappa shape index (κ3) is 6.37. The molecule has 2 fully saturated rings. The van der Waals surface area contributed by atoms with E-state index in [4.69, 9.17) is 4.74 Å². The van der Waals surface area contributed by atoms with Crippen LogP contribution < -0.4 is 16.0 Å². The number of ketones is 1. The molecule has 36 heavy (non-hydrogen) atoms. The minimum absolute atomic E-state index is 0.0824. The summed E-state index contributed by atoms with van der Waals surface area (Å²) in [4.78, 5) is 66.0. The zero-order valence-electron chi connectivity index (χ0n) is 23.4. The Morgan fingerprint density at radius 1 is 1.03 bits per heavy atom. The molecule has 204 valence electrons. The second-order valence-electron chi connectivity index (χ2n) is 12.6. The number of carbonyl (C=O) groups is 5. The molecule has 1 saturated carbocycles. The van der Waals surface area contributed by atoms with Crippen molar-refractivity contribution in [2.75, 3.05) is 13.6 Å². The SMILES string of the molecule is CCCC(NC(=O)[C@@H]1[C@@H]2[C@H](CN1C(=O)[C@@H](NC(=O)OC(C)(C)C)C(C)(C)C)C2(C)C)C(=O)C(=O)NC. The fourth-order valence-corrected chi connectivity index (χ4v) is 5.15. The van der Waals surface area contributed by atoms with E-state index in [2.05, 4.69) is 29.8 Å². The van der Waals surface area contributed by atoms with Gasteiger partial charge in [-0.3, -0.25) is 19.2 Å². The van der Waals surface area contributed by atoms with Gasteiger partial charge in [-0.15, -0.1) is 0 Å². The van der Waals surface area contributed by atoms with E-state index < -0.39 is 52.8 Å². The standard InChI is InChI=1S/C26H44N4O6/c1-11-12-15(18(31)21(33)27-10)28-20(32)17-16-14(26(16,8)9)13-30(17)22(34)19(24(2,3)4)29-23(35)36-25(5,6)7/h14-17,19H,11-13H2,1-10H3,(H,27,33)(H,28,32)(H,29,35)/t14-,15?,16-,17-,19+/m0/s1. The molecule has 0 spiro atoms. The molecule has 2 rings (SSSR count). The molecular weight excluding hydrogens is 464 g/mol. The maximum absolute atomic E-state index is 13.8. The van der Waals surface area contributed by atoms with Crippen LogP contribution >= 0.6 is 0 Å². The van der Waals surface area contributed by atoms with Crippen molar-refractivity contribution in [3.05, 3.63) is 0 Å². The van der Waals surface area contributed by atoms with Crippen LogP contribution in [0.3, 0.4) is 0 Å². The Hall–Kier alpha value is -2.65. The van der Waals surface area contributed by atoms with Crippen LogP contribution in [-0.4, -0.2) is 71.8 Å². The highest BCUT2D eigenvalue weighted by Crippen LogP contribution is 2.65. The molecule has 4 amide bonds. The number of likely N-dealkylation sites (N-methyl/N-ethyl adjacent to an activating group) is 1.